The molecule has 0 aromatic rings. The fourth-order valence-electron chi connectivity index (χ4n) is 7.12. The number of Topliss-reactive ketones (excluding diaryl/α,β-unsaturated/α-hetero) is 1. The summed E-state index contributed by atoms with van der Waals surface area (Å²) in [6.07, 6.45) is 13.3. The lowest BCUT2D eigenvalue weighted by Crippen LogP contribution is -2.55. The molecule has 4 saturated carbocycles. The standard InChI is InChI=1S/C19H30O/c1-18-10-5-7-15(18)14-9-8-13-6-3-4-11-19(13,2)17(14)16(20)12-18/h13-15,17H,3-12H2,1-2H3/t13-,14-,15-,17+,18-,19-/m0/s1. The van der Waals surface area contributed by atoms with Crippen LogP contribution in [0, 0.1) is 34.5 Å². The maximum Gasteiger partial charge on any atom is 0.137 e. The Morgan fingerprint density at radius 3 is 2.65 bits per heavy atom. The van der Waals surface area contributed by atoms with Crippen LogP contribution in [-0.2, 0) is 4.79 Å². The average Bonchev–Trinajstić information content (AvgIpc) is 2.78. The lowest BCUT2D eigenvalue weighted by atomic mass is 9.45. The highest BCUT2D eigenvalue weighted by atomic mass is 16.1. The van der Waals surface area contributed by atoms with Gasteiger partial charge in [0.25, 0.3) is 0 Å². The number of carbonyl (C=O) groups excluding carboxylic acids is 1. The van der Waals surface area contributed by atoms with E-state index in [0.29, 0.717) is 22.5 Å². The fourth-order valence-corrected chi connectivity index (χ4v) is 7.12. The first-order valence-corrected chi connectivity index (χ1v) is 9.07. The third-order valence-corrected chi connectivity index (χ3v) is 8.04. The summed E-state index contributed by atoms with van der Waals surface area (Å²) in [6.45, 7) is 4.91. The quantitative estimate of drug-likeness (QED) is 0.608. The van der Waals surface area contributed by atoms with E-state index in [2.05, 4.69) is 13.8 Å². The third kappa shape index (κ3) is 1.64. The van der Waals surface area contributed by atoms with E-state index in [1.807, 2.05) is 0 Å². The molecule has 4 fully saturated rings. The number of ketones is 1. The molecule has 0 aliphatic heterocycles. The summed E-state index contributed by atoms with van der Waals surface area (Å²) in [7, 11) is 0. The highest BCUT2D eigenvalue weighted by Gasteiger charge is 2.60. The van der Waals surface area contributed by atoms with Crippen molar-refractivity contribution >= 4 is 5.78 Å². The lowest BCUT2D eigenvalue weighted by molar-refractivity contribution is -0.155. The zero-order valence-corrected chi connectivity index (χ0v) is 13.3. The van der Waals surface area contributed by atoms with Crippen LogP contribution in [0.4, 0.5) is 0 Å². The Labute approximate surface area is 123 Å². The van der Waals surface area contributed by atoms with E-state index >= 15 is 0 Å². The summed E-state index contributed by atoms with van der Waals surface area (Å²) in [5.41, 5.74) is 0.734. The van der Waals surface area contributed by atoms with E-state index in [-0.39, 0.29) is 0 Å². The molecule has 6 atom stereocenters. The minimum atomic E-state index is 0.363. The van der Waals surface area contributed by atoms with Crippen molar-refractivity contribution in [3.8, 4) is 0 Å². The number of fused-ring (bicyclic) bond motifs is 5. The molecule has 0 aromatic heterocycles. The SMILES string of the molecule is C[C@@]12CCC[C@H]1[C@@H]1CC[C@@H]3CCCC[C@]3(C)[C@H]1C(=O)C2. The minimum absolute atomic E-state index is 0.363. The average molecular weight is 274 g/mol. The van der Waals surface area contributed by atoms with Crippen LogP contribution in [0.15, 0.2) is 0 Å². The Kier molecular flexibility index (Phi) is 2.89. The largest absolute Gasteiger partial charge is 0.299 e. The molecule has 0 bridgehead atoms. The van der Waals surface area contributed by atoms with Gasteiger partial charge in [-0.3, -0.25) is 4.79 Å². The van der Waals surface area contributed by atoms with E-state index in [1.54, 1.807) is 0 Å². The molecule has 4 aliphatic carbocycles. The van der Waals surface area contributed by atoms with E-state index in [0.717, 1.165) is 24.2 Å². The van der Waals surface area contributed by atoms with Crippen LogP contribution in [0.5, 0.6) is 0 Å². The Balaban J connectivity index is 1.71. The van der Waals surface area contributed by atoms with E-state index in [1.165, 1.54) is 57.8 Å². The number of hydrogen-bond donors (Lipinski definition) is 0. The topological polar surface area (TPSA) is 17.1 Å². The summed E-state index contributed by atoms with van der Waals surface area (Å²) >= 11 is 0. The molecule has 112 valence electrons. The predicted molar refractivity (Wildman–Crippen MR) is 81.4 cm³/mol. The monoisotopic (exact) mass is 274 g/mol. The second-order valence-electron chi connectivity index (χ2n) is 8.96. The van der Waals surface area contributed by atoms with Gasteiger partial charge in [-0.1, -0.05) is 33.1 Å². The minimum Gasteiger partial charge on any atom is -0.299 e. The molecule has 0 aromatic carbocycles. The summed E-state index contributed by atoms with van der Waals surface area (Å²) in [5.74, 6) is 3.54. The van der Waals surface area contributed by atoms with Gasteiger partial charge in [-0.25, -0.2) is 0 Å². The molecule has 4 aliphatic rings. The van der Waals surface area contributed by atoms with E-state index in [9.17, 15) is 4.79 Å². The summed E-state index contributed by atoms with van der Waals surface area (Å²) in [4.78, 5) is 13.0. The van der Waals surface area contributed by atoms with Crippen LogP contribution >= 0.6 is 0 Å². The van der Waals surface area contributed by atoms with Crippen molar-refractivity contribution < 1.29 is 4.79 Å². The van der Waals surface area contributed by atoms with Crippen molar-refractivity contribution in [1.82, 2.24) is 0 Å². The lowest BCUT2D eigenvalue weighted by Gasteiger charge is -2.58. The first kappa shape index (κ1) is 13.3. The second-order valence-corrected chi connectivity index (χ2v) is 8.96. The molecule has 0 saturated heterocycles. The van der Waals surface area contributed by atoms with Crippen LogP contribution in [0.3, 0.4) is 0 Å². The van der Waals surface area contributed by atoms with Gasteiger partial charge in [0.05, 0.1) is 0 Å². The van der Waals surface area contributed by atoms with Gasteiger partial charge in [0.2, 0.25) is 0 Å². The predicted octanol–water partition coefficient (Wildman–Crippen LogP) is 4.99. The highest BCUT2D eigenvalue weighted by molar-refractivity contribution is 5.84. The van der Waals surface area contributed by atoms with Gasteiger partial charge in [-0.15, -0.1) is 0 Å². The molecular weight excluding hydrogens is 244 g/mol. The van der Waals surface area contributed by atoms with Crippen molar-refractivity contribution in [1.29, 1.82) is 0 Å². The molecular formula is C19H30O. The number of rotatable bonds is 0. The first-order valence-electron chi connectivity index (χ1n) is 9.07. The van der Waals surface area contributed by atoms with Gasteiger partial charge >= 0.3 is 0 Å². The van der Waals surface area contributed by atoms with Gasteiger partial charge < -0.3 is 0 Å². The van der Waals surface area contributed by atoms with Gasteiger partial charge in [0.1, 0.15) is 5.78 Å². The number of hydrogen-bond acceptors (Lipinski definition) is 1. The summed E-state index contributed by atoms with van der Waals surface area (Å²) in [6, 6.07) is 0. The zero-order valence-electron chi connectivity index (χ0n) is 13.3. The van der Waals surface area contributed by atoms with Crippen molar-refractivity contribution in [3.63, 3.8) is 0 Å². The van der Waals surface area contributed by atoms with Crippen molar-refractivity contribution in [2.45, 2.75) is 78.1 Å². The Morgan fingerprint density at radius 1 is 0.950 bits per heavy atom. The van der Waals surface area contributed by atoms with Crippen molar-refractivity contribution in [2.24, 2.45) is 34.5 Å². The van der Waals surface area contributed by atoms with Crippen LogP contribution in [0.1, 0.15) is 78.1 Å². The Morgan fingerprint density at radius 2 is 1.80 bits per heavy atom. The molecule has 1 nitrogen and oxygen atoms in total. The van der Waals surface area contributed by atoms with E-state index < -0.39 is 0 Å². The Hall–Kier alpha value is -0.330. The molecule has 0 N–H and O–H groups in total. The molecule has 0 unspecified atom stereocenters. The molecule has 4 rings (SSSR count). The Bertz CT molecular complexity index is 427. The fraction of sp³-hybridized carbons (Fsp3) is 0.947. The normalized spacial score (nSPS) is 55.0. The summed E-state index contributed by atoms with van der Waals surface area (Å²) in [5, 5.41) is 0. The molecule has 0 amide bonds. The van der Waals surface area contributed by atoms with Crippen LogP contribution in [-0.4, -0.2) is 5.78 Å². The van der Waals surface area contributed by atoms with Gasteiger partial charge in [0, 0.05) is 12.3 Å². The zero-order chi connectivity index (χ0) is 14.0. The van der Waals surface area contributed by atoms with Crippen LogP contribution in [0.25, 0.3) is 0 Å². The van der Waals surface area contributed by atoms with Crippen molar-refractivity contribution in [3.05, 3.63) is 0 Å². The first-order chi connectivity index (χ1) is 9.55. The third-order valence-electron chi connectivity index (χ3n) is 8.04. The smallest absolute Gasteiger partial charge is 0.137 e. The summed E-state index contributed by atoms with van der Waals surface area (Å²) < 4.78 is 0. The molecule has 0 radical (unpaired) electrons. The second kappa shape index (κ2) is 4.34. The van der Waals surface area contributed by atoms with Gasteiger partial charge in [-0.05, 0) is 67.1 Å². The van der Waals surface area contributed by atoms with E-state index in [4.69, 9.17) is 0 Å². The highest BCUT2D eigenvalue weighted by Crippen LogP contribution is 2.65. The van der Waals surface area contributed by atoms with Gasteiger partial charge in [0.15, 0.2) is 0 Å². The molecule has 0 heterocycles. The van der Waals surface area contributed by atoms with Gasteiger partial charge in [-0.2, -0.15) is 0 Å². The van der Waals surface area contributed by atoms with Crippen molar-refractivity contribution in [2.75, 3.05) is 0 Å². The van der Waals surface area contributed by atoms with Crippen LogP contribution < -0.4 is 0 Å². The molecule has 0 spiro atoms. The molecule has 20 heavy (non-hydrogen) atoms. The van der Waals surface area contributed by atoms with Crippen LogP contribution in [0.2, 0.25) is 0 Å². The maximum atomic E-state index is 13.0. The number of carbonyl (C=O) groups is 1. The maximum absolute atomic E-state index is 13.0. The molecule has 1 heteroatoms.